The molecular formula is C18H21ClN2O5S2. The normalized spacial score (nSPS) is 12.2. The second-order valence-corrected chi connectivity index (χ2v) is 10.3. The van der Waals surface area contributed by atoms with E-state index in [-0.39, 0.29) is 33.5 Å². The largest absolute Gasteiger partial charge is 0.322 e. The number of sulfonamides is 1. The number of carbonyl (C=O) groups excluding carboxylic acids is 1. The highest BCUT2D eigenvalue weighted by Crippen LogP contribution is 2.26. The van der Waals surface area contributed by atoms with Crippen LogP contribution in [0.5, 0.6) is 0 Å². The molecule has 0 unspecified atom stereocenters. The van der Waals surface area contributed by atoms with Gasteiger partial charge in [-0.2, -0.15) is 4.31 Å². The summed E-state index contributed by atoms with van der Waals surface area (Å²) in [6.07, 6.45) is 1.09. The van der Waals surface area contributed by atoms with Crippen molar-refractivity contribution >= 4 is 43.1 Å². The second-order valence-electron chi connectivity index (χ2n) is 5.99. The molecule has 0 radical (unpaired) electrons. The van der Waals surface area contributed by atoms with Gasteiger partial charge >= 0.3 is 0 Å². The van der Waals surface area contributed by atoms with E-state index in [9.17, 15) is 21.6 Å². The summed E-state index contributed by atoms with van der Waals surface area (Å²) in [5, 5.41) is 2.64. The molecule has 10 heteroatoms. The molecular weight excluding hydrogens is 424 g/mol. The number of hydrogen-bond acceptors (Lipinski definition) is 5. The molecule has 0 heterocycles. The van der Waals surface area contributed by atoms with Crippen LogP contribution in [0.2, 0.25) is 5.02 Å². The van der Waals surface area contributed by atoms with E-state index in [0.29, 0.717) is 5.69 Å². The van der Waals surface area contributed by atoms with Gasteiger partial charge < -0.3 is 5.32 Å². The summed E-state index contributed by atoms with van der Waals surface area (Å²) in [7, 11) is -7.17. The van der Waals surface area contributed by atoms with E-state index in [1.54, 1.807) is 13.8 Å². The third-order valence-corrected chi connectivity index (χ3v) is 7.72. The van der Waals surface area contributed by atoms with Gasteiger partial charge in [-0.3, -0.25) is 4.79 Å². The summed E-state index contributed by atoms with van der Waals surface area (Å²) in [4.78, 5) is 12.5. The Labute approximate surface area is 170 Å². The van der Waals surface area contributed by atoms with Crippen LogP contribution < -0.4 is 5.32 Å². The number of hydrogen-bond donors (Lipinski definition) is 1. The Hall–Kier alpha value is -1.94. The van der Waals surface area contributed by atoms with Crippen LogP contribution in [-0.4, -0.2) is 46.4 Å². The first-order valence-corrected chi connectivity index (χ1v) is 12.1. The predicted molar refractivity (Wildman–Crippen MR) is 109 cm³/mol. The van der Waals surface area contributed by atoms with E-state index in [2.05, 4.69) is 5.32 Å². The number of carbonyl (C=O) groups is 1. The third-order valence-electron chi connectivity index (χ3n) is 4.06. The summed E-state index contributed by atoms with van der Waals surface area (Å²) in [6, 6.07) is 9.68. The van der Waals surface area contributed by atoms with Crippen LogP contribution in [0.25, 0.3) is 0 Å². The molecule has 0 aliphatic rings. The maximum absolute atomic E-state index is 12.7. The zero-order valence-electron chi connectivity index (χ0n) is 15.6. The fourth-order valence-corrected chi connectivity index (χ4v) is 5.12. The molecule has 1 N–H and O–H groups in total. The summed E-state index contributed by atoms with van der Waals surface area (Å²) in [6.45, 7) is 3.98. The van der Waals surface area contributed by atoms with E-state index in [1.165, 1.54) is 46.8 Å². The number of rotatable bonds is 7. The SMILES string of the molecule is CCN(CC)S(=O)(=O)c1cc(C(=O)Nc2ccc(S(C)(=O)=O)cc2)ccc1Cl. The van der Waals surface area contributed by atoms with Crippen molar-refractivity contribution in [2.45, 2.75) is 23.6 Å². The van der Waals surface area contributed by atoms with Gasteiger partial charge in [-0.05, 0) is 42.5 Å². The van der Waals surface area contributed by atoms with Gasteiger partial charge in [0.15, 0.2) is 9.84 Å². The molecule has 2 rings (SSSR count). The Morgan fingerprint density at radius 2 is 1.57 bits per heavy atom. The van der Waals surface area contributed by atoms with Gasteiger partial charge in [0.05, 0.1) is 9.92 Å². The molecule has 0 aliphatic carbocycles. The first-order chi connectivity index (χ1) is 13.0. The number of anilines is 1. The van der Waals surface area contributed by atoms with Gasteiger partial charge in [-0.15, -0.1) is 0 Å². The molecule has 7 nitrogen and oxygen atoms in total. The number of nitrogens with one attached hydrogen (secondary N) is 1. The van der Waals surface area contributed by atoms with Crippen LogP contribution in [-0.2, 0) is 19.9 Å². The molecule has 0 bridgehead atoms. The monoisotopic (exact) mass is 444 g/mol. The fourth-order valence-electron chi connectivity index (χ4n) is 2.53. The molecule has 28 heavy (non-hydrogen) atoms. The summed E-state index contributed by atoms with van der Waals surface area (Å²) in [5.74, 6) is -0.542. The second kappa shape index (κ2) is 8.60. The Bertz CT molecular complexity index is 1080. The van der Waals surface area contributed by atoms with Gasteiger partial charge in [0.2, 0.25) is 10.0 Å². The molecule has 0 aliphatic heterocycles. The number of halogens is 1. The average molecular weight is 445 g/mol. The van der Waals surface area contributed by atoms with Crippen LogP contribution >= 0.6 is 11.6 Å². The molecule has 2 aromatic carbocycles. The van der Waals surface area contributed by atoms with Crippen molar-refractivity contribution in [1.82, 2.24) is 4.31 Å². The minimum atomic E-state index is -3.83. The summed E-state index contributed by atoms with van der Waals surface area (Å²) < 4.78 is 49.7. The van der Waals surface area contributed by atoms with Crippen molar-refractivity contribution in [1.29, 1.82) is 0 Å². The molecule has 0 saturated carbocycles. The smallest absolute Gasteiger partial charge is 0.255 e. The molecule has 0 aromatic heterocycles. The summed E-state index contributed by atoms with van der Waals surface area (Å²) in [5.41, 5.74) is 0.489. The van der Waals surface area contributed by atoms with Gasteiger partial charge in [0.1, 0.15) is 4.90 Å². The molecule has 2 aromatic rings. The van der Waals surface area contributed by atoms with Crippen molar-refractivity contribution in [3.63, 3.8) is 0 Å². The van der Waals surface area contributed by atoms with Crippen LogP contribution in [0.15, 0.2) is 52.3 Å². The Morgan fingerprint density at radius 3 is 2.07 bits per heavy atom. The van der Waals surface area contributed by atoms with Crippen LogP contribution in [0.1, 0.15) is 24.2 Å². The minimum Gasteiger partial charge on any atom is -0.322 e. The van der Waals surface area contributed by atoms with Gasteiger partial charge in [-0.25, -0.2) is 16.8 Å². The Morgan fingerprint density at radius 1 is 1.00 bits per heavy atom. The molecule has 0 saturated heterocycles. The van der Waals surface area contributed by atoms with Gasteiger partial charge in [0, 0.05) is 30.6 Å². The summed E-state index contributed by atoms with van der Waals surface area (Å²) >= 11 is 6.07. The highest BCUT2D eigenvalue weighted by molar-refractivity contribution is 7.90. The lowest BCUT2D eigenvalue weighted by Gasteiger charge is -2.19. The number of amides is 1. The minimum absolute atomic E-state index is 0.0287. The Kier molecular flexibility index (Phi) is 6.87. The third kappa shape index (κ3) is 4.91. The van der Waals surface area contributed by atoms with Crippen molar-refractivity contribution < 1.29 is 21.6 Å². The van der Waals surface area contributed by atoms with Gasteiger partial charge in [0.25, 0.3) is 5.91 Å². The van der Waals surface area contributed by atoms with Crippen molar-refractivity contribution in [2.75, 3.05) is 24.7 Å². The van der Waals surface area contributed by atoms with Gasteiger partial charge in [-0.1, -0.05) is 25.4 Å². The van der Waals surface area contributed by atoms with E-state index in [4.69, 9.17) is 11.6 Å². The van der Waals surface area contributed by atoms with Crippen LogP contribution in [0.3, 0.4) is 0 Å². The van der Waals surface area contributed by atoms with Crippen LogP contribution in [0, 0.1) is 0 Å². The fraction of sp³-hybridized carbons (Fsp3) is 0.278. The van der Waals surface area contributed by atoms with Crippen molar-refractivity contribution in [3.8, 4) is 0 Å². The highest BCUT2D eigenvalue weighted by atomic mass is 35.5. The lowest BCUT2D eigenvalue weighted by Crippen LogP contribution is -2.31. The van der Waals surface area contributed by atoms with Crippen molar-refractivity contribution in [2.24, 2.45) is 0 Å². The van der Waals surface area contributed by atoms with Crippen LogP contribution in [0.4, 0.5) is 5.69 Å². The lowest BCUT2D eigenvalue weighted by atomic mass is 10.2. The highest BCUT2D eigenvalue weighted by Gasteiger charge is 2.25. The average Bonchev–Trinajstić information content (AvgIpc) is 2.62. The maximum atomic E-state index is 12.7. The zero-order valence-corrected chi connectivity index (χ0v) is 18.0. The first-order valence-electron chi connectivity index (χ1n) is 8.41. The van der Waals surface area contributed by atoms with Crippen molar-refractivity contribution in [3.05, 3.63) is 53.1 Å². The zero-order chi connectivity index (χ0) is 21.1. The van der Waals surface area contributed by atoms with E-state index >= 15 is 0 Å². The number of nitrogens with zero attached hydrogens (tertiary/aromatic N) is 1. The molecule has 0 atom stereocenters. The van der Waals surface area contributed by atoms with E-state index < -0.39 is 25.8 Å². The maximum Gasteiger partial charge on any atom is 0.255 e. The molecule has 0 spiro atoms. The number of sulfone groups is 1. The van der Waals surface area contributed by atoms with E-state index in [0.717, 1.165) is 6.26 Å². The lowest BCUT2D eigenvalue weighted by molar-refractivity contribution is 0.102. The Balaban J connectivity index is 2.32. The molecule has 152 valence electrons. The predicted octanol–water partition coefficient (Wildman–Crippen LogP) is 3.03. The quantitative estimate of drug-likeness (QED) is 0.707. The molecule has 0 fully saturated rings. The number of benzene rings is 2. The molecule has 1 amide bonds. The standard InChI is InChI=1S/C18H21ClN2O5S2/c1-4-21(5-2)28(25,26)17-12-13(6-11-16(17)19)18(22)20-14-7-9-15(10-8-14)27(3,23)24/h6-12H,4-5H2,1-3H3,(H,20,22). The topological polar surface area (TPSA) is 101 Å². The van der Waals surface area contributed by atoms with E-state index in [1.807, 2.05) is 0 Å². The first kappa shape index (κ1) is 22.4.